The SMILES string of the molecule is COc1cccc2c1NC(=O)C(OC)C2. The smallest absolute Gasteiger partial charge is 0.253 e. The van der Waals surface area contributed by atoms with Gasteiger partial charge in [-0.2, -0.15) is 0 Å². The molecule has 1 aromatic rings. The summed E-state index contributed by atoms with van der Waals surface area (Å²) in [5, 5.41) is 2.79. The molecule has 1 unspecified atom stereocenters. The number of rotatable bonds is 2. The molecule has 0 fully saturated rings. The van der Waals surface area contributed by atoms with Crippen LogP contribution >= 0.6 is 0 Å². The average Bonchev–Trinajstić information content (AvgIpc) is 2.27. The van der Waals surface area contributed by atoms with Crippen molar-refractivity contribution in [3.05, 3.63) is 23.8 Å². The monoisotopic (exact) mass is 207 g/mol. The summed E-state index contributed by atoms with van der Waals surface area (Å²) < 4.78 is 10.3. The van der Waals surface area contributed by atoms with E-state index in [2.05, 4.69) is 5.32 Å². The van der Waals surface area contributed by atoms with Gasteiger partial charge < -0.3 is 14.8 Å². The average molecular weight is 207 g/mol. The molecule has 80 valence electrons. The summed E-state index contributed by atoms with van der Waals surface area (Å²) in [7, 11) is 3.12. The molecule has 1 aliphatic rings. The van der Waals surface area contributed by atoms with Crippen molar-refractivity contribution in [3.8, 4) is 5.75 Å². The second-order valence-corrected chi connectivity index (χ2v) is 3.41. The Morgan fingerprint density at radius 1 is 1.40 bits per heavy atom. The van der Waals surface area contributed by atoms with Crippen LogP contribution in [0.5, 0.6) is 5.75 Å². The van der Waals surface area contributed by atoms with Gasteiger partial charge in [0, 0.05) is 13.5 Å². The summed E-state index contributed by atoms with van der Waals surface area (Å²) in [5.41, 5.74) is 1.80. The van der Waals surface area contributed by atoms with Gasteiger partial charge >= 0.3 is 0 Å². The van der Waals surface area contributed by atoms with Crippen LogP contribution in [-0.4, -0.2) is 26.2 Å². The Balaban J connectivity index is 2.39. The van der Waals surface area contributed by atoms with Crippen molar-refractivity contribution in [3.63, 3.8) is 0 Å². The van der Waals surface area contributed by atoms with E-state index >= 15 is 0 Å². The Morgan fingerprint density at radius 2 is 2.20 bits per heavy atom. The number of methoxy groups -OCH3 is 2. The maximum Gasteiger partial charge on any atom is 0.253 e. The fourth-order valence-electron chi connectivity index (χ4n) is 1.75. The van der Waals surface area contributed by atoms with E-state index in [1.807, 2.05) is 18.2 Å². The van der Waals surface area contributed by atoms with E-state index in [-0.39, 0.29) is 5.91 Å². The zero-order chi connectivity index (χ0) is 10.8. The van der Waals surface area contributed by atoms with Crippen molar-refractivity contribution in [1.82, 2.24) is 0 Å². The van der Waals surface area contributed by atoms with E-state index in [4.69, 9.17) is 9.47 Å². The van der Waals surface area contributed by atoms with Crippen LogP contribution in [0.3, 0.4) is 0 Å². The minimum atomic E-state index is -0.399. The highest BCUT2D eigenvalue weighted by Gasteiger charge is 2.27. The van der Waals surface area contributed by atoms with Gasteiger partial charge in [-0.1, -0.05) is 12.1 Å². The molecule has 0 saturated carbocycles. The predicted molar refractivity (Wildman–Crippen MR) is 56.1 cm³/mol. The summed E-state index contributed by atoms with van der Waals surface area (Å²) in [5.74, 6) is 0.574. The van der Waals surface area contributed by atoms with Crippen LogP contribution in [0.2, 0.25) is 0 Å². The van der Waals surface area contributed by atoms with Gasteiger partial charge in [0.05, 0.1) is 12.8 Å². The molecule has 15 heavy (non-hydrogen) atoms. The molecule has 4 nitrogen and oxygen atoms in total. The first-order valence-electron chi connectivity index (χ1n) is 4.75. The largest absolute Gasteiger partial charge is 0.495 e. The van der Waals surface area contributed by atoms with Crippen molar-refractivity contribution < 1.29 is 14.3 Å². The molecule has 1 atom stereocenters. The first kappa shape index (κ1) is 9.98. The number of hydrogen-bond donors (Lipinski definition) is 1. The van der Waals surface area contributed by atoms with E-state index in [1.54, 1.807) is 7.11 Å². The van der Waals surface area contributed by atoms with E-state index < -0.39 is 6.10 Å². The minimum absolute atomic E-state index is 0.116. The van der Waals surface area contributed by atoms with Crippen LogP contribution in [0.4, 0.5) is 5.69 Å². The molecule has 1 aromatic carbocycles. The Hall–Kier alpha value is -1.55. The van der Waals surface area contributed by atoms with Gasteiger partial charge in [0.15, 0.2) is 0 Å². The quantitative estimate of drug-likeness (QED) is 0.792. The molecular weight excluding hydrogens is 194 g/mol. The minimum Gasteiger partial charge on any atom is -0.495 e. The van der Waals surface area contributed by atoms with Crippen molar-refractivity contribution in [2.24, 2.45) is 0 Å². The summed E-state index contributed by atoms with van der Waals surface area (Å²) in [6.07, 6.45) is 0.194. The number of carbonyl (C=O) groups excluding carboxylic acids is 1. The molecule has 4 heteroatoms. The van der Waals surface area contributed by atoms with Gasteiger partial charge in [0.2, 0.25) is 0 Å². The van der Waals surface area contributed by atoms with Crippen LogP contribution in [-0.2, 0) is 16.0 Å². The second-order valence-electron chi connectivity index (χ2n) is 3.41. The number of anilines is 1. The van der Waals surface area contributed by atoms with Gasteiger partial charge in [-0.15, -0.1) is 0 Å². The maximum atomic E-state index is 11.6. The van der Waals surface area contributed by atoms with Gasteiger partial charge in [-0.3, -0.25) is 4.79 Å². The molecule has 1 N–H and O–H groups in total. The van der Waals surface area contributed by atoms with Gasteiger partial charge in [0.1, 0.15) is 11.9 Å². The van der Waals surface area contributed by atoms with E-state index in [0.29, 0.717) is 12.2 Å². The third-order valence-corrected chi connectivity index (χ3v) is 2.56. The summed E-state index contributed by atoms with van der Waals surface area (Å²) >= 11 is 0. The van der Waals surface area contributed by atoms with Crippen molar-refractivity contribution in [1.29, 1.82) is 0 Å². The lowest BCUT2D eigenvalue weighted by atomic mass is 10.0. The Kier molecular flexibility index (Phi) is 2.60. The standard InChI is InChI=1S/C11H13NO3/c1-14-8-5-3-4-7-6-9(15-2)11(13)12-10(7)8/h3-5,9H,6H2,1-2H3,(H,12,13). The molecule has 0 spiro atoms. The Bertz CT molecular complexity index is 389. The molecule has 0 saturated heterocycles. The third kappa shape index (κ3) is 1.68. The number of ether oxygens (including phenoxy) is 2. The highest BCUT2D eigenvalue weighted by atomic mass is 16.5. The zero-order valence-electron chi connectivity index (χ0n) is 8.74. The van der Waals surface area contributed by atoms with Crippen LogP contribution in [0.25, 0.3) is 0 Å². The van der Waals surface area contributed by atoms with Gasteiger partial charge in [0.25, 0.3) is 5.91 Å². The number of hydrogen-bond acceptors (Lipinski definition) is 3. The lowest BCUT2D eigenvalue weighted by molar-refractivity contribution is -0.126. The highest BCUT2D eigenvalue weighted by molar-refractivity contribution is 5.98. The van der Waals surface area contributed by atoms with Gasteiger partial charge in [-0.05, 0) is 11.6 Å². The van der Waals surface area contributed by atoms with Gasteiger partial charge in [-0.25, -0.2) is 0 Å². The Morgan fingerprint density at radius 3 is 2.87 bits per heavy atom. The highest BCUT2D eigenvalue weighted by Crippen LogP contribution is 2.32. The van der Waals surface area contributed by atoms with Crippen LogP contribution in [0, 0.1) is 0 Å². The molecule has 1 amide bonds. The fraction of sp³-hybridized carbons (Fsp3) is 0.364. The third-order valence-electron chi connectivity index (χ3n) is 2.56. The van der Waals surface area contributed by atoms with Crippen LogP contribution < -0.4 is 10.1 Å². The topological polar surface area (TPSA) is 47.6 Å². The number of fused-ring (bicyclic) bond motifs is 1. The van der Waals surface area contributed by atoms with Crippen molar-refractivity contribution in [2.75, 3.05) is 19.5 Å². The molecular formula is C11H13NO3. The van der Waals surface area contributed by atoms with E-state index in [1.165, 1.54) is 7.11 Å². The number of benzene rings is 1. The maximum absolute atomic E-state index is 11.6. The van der Waals surface area contributed by atoms with E-state index in [0.717, 1.165) is 11.3 Å². The first-order chi connectivity index (χ1) is 7.26. The lowest BCUT2D eigenvalue weighted by Gasteiger charge is -2.24. The number of amides is 1. The summed E-state index contributed by atoms with van der Waals surface area (Å²) in [6.45, 7) is 0. The summed E-state index contributed by atoms with van der Waals surface area (Å²) in [6, 6.07) is 5.69. The summed E-state index contributed by atoms with van der Waals surface area (Å²) in [4.78, 5) is 11.6. The molecule has 0 aromatic heterocycles. The predicted octanol–water partition coefficient (Wildman–Crippen LogP) is 1.20. The lowest BCUT2D eigenvalue weighted by Crippen LogP contribution is -2.35. The van der Waals surface area contributed by atoms with Crippen LogP contribution in [0.1, 0.15) is 5.56 Å². The van der Waals surface area contributed by atoms with Crippen molar-refractivity contribution >= 4 is 11.6 Å². The molecule has 0 aliphatic carbocycles. The van der Waals surface area contributed by atoms with Crippen molar-refractivity contribution in [2.45, 2.75) is 12.5 Å². The zero-order valence-corrected chi connectivity index (χ0v) is 8.74. The molecule has 0 radical (unpaired) electrons. The van der Waals surface area contributed by atoms with E-state index in [9.17, 15) is 4.79 Å². The molecule has 1 heterocycles. The number of para-hydroxylation sites is 1. The van der Waals surface area contributed by atoms with Crippen LogP contribution in [0.15, 0.2) is 18.2 Å². The molecule has 0 bridgehead atoms. The Labute approximate surface area is 88.2 Å². The second kappa shape index (κ2) is 3.90. The number of carbonyl (C=O) groups is 1. The molecule has 1 aliphatic heterocycles. The normalized spacial score (nSPS) is 19.3. The fourth-order valence-corrected chi connectivity index (χ4v) is 1.75. The first-order valence-corrected chi connectivity index (χ1v) is 4.75. The molecule has 2 rings (SSSR count). The number of nitrogens with one attached hydrogen (secondary N) is 1.